The summed E-state index contributed by atoms with van der Waals surface area (Å²) in [5.41, 5.74) is 7.20. The van der Waals surface area contributed by atoms with E-state index in [1.165, 1.54) is 0 Å². The summed E-state index contributed by atoms with van der Waals surface area (Å²) in [5.74, 6) is 1.76. The van der Waals surface area contributed by atoms with E-state index >= 15 is 0 Å². The van der Waals surface area contributed by atoms with Crippen LogP contribution in [-0.2, 0) is 0 Å². The molecule has 0 unspecified atom stereocenters. The summed E-state index contributed by atoms with van der Waals surface area (Å²) in [5, 5.41) is 3.11. The van der Waals surface area contributed by atoms with E-state index in [0.29, 0.717) is 17.5 Å². The molecule has 5 nitrogen and oxygen atoms in total. The minimum absolute atomic E-state index is 0.177. The van der Waals surface area contributed by atoms with E-state index in [2.05, 4.69) is 38.0 Å². The lowest BCUT2D eigenvalue weighted by Gasteiger charge is -2.11. The molecule has 116 valence electrons. The van der Waals surface area contributed by atoms with Gasteiger partial charge < -0.3 is 20.5 Å². The van der Waals surface area contributed by atoms with Crippen molar-refractivity contribution in [3.05, 3.63) is 18.2 Å². The highest BCUT2D eigenvalue weighted by atomic mass is 16.5. The van der Waals surface area contributed by atoms with Gasteiger partial charge in [-0.2, -0.15) is 0 Å². The first-order valence-corrected chi connectivity index (χ1v) is 7.06. The van der Waals surface area contributed by atoms with Crippen molar-refractivity contribution in [3.63, 3.8) is 0 Å². The van der Waals surface area contributed by atoms with E-state index < -0.39 is 0 Å². The van der Waals surface area contributed by atoms with Gasteiger partial charge in [-0.25, -0.2) is 4.99 Å². The molecule has 0 atom stereocenters. The van der Waals surface area contributed by atoms with Gasteiger partial charge in [0.2, 0.25) is 0 Å². The Morgan fingerprint density at radius 3 is 2.14 bits per heavy atom. The van der Waals surface area contributed by atoms with Crippen LogP contribution in [0.1, 0.15) is 27.7 Å². The lowest BCUT2D eigenvalue weighted by Crippen LogP contribution is -2.23. The Labute approximate surface area is 126 Å². The molecule has 5 heteroatoms. The molecule has 0 heterocycles. The molecular formula is C16H25N3O2. The highest BCUT2D eigenvalue weighted by molar-refractivity contribution is 5.93. The maximum Gasteiger partial charge on any atom is 0.193 e. The second-order valence-corrected chi connectivity index (χ2v) is 6.56. The standard InChI is InChI=1S/C16H25N3O2/c1-15(2)13(16(15,3)4)19-14(17)18-10-7-8-11(20-5)12(9-10)21-6/h7-9,13H,1-6H3,(H3,17,18,19). The first kappa shape index (κ1) is 15.5. The molecule has 2 rings (SSSR count). The van der Waals surface area contributed by atoms with Crippen molar-refractivity contribution in [2.75, 3.05) is 19.5 Å². The van der Waals surface area contributed by atoms with Gasteiger partial charge in [0.05, 0.1) is 20.3 Å². The Morgan fingerprint density at radius 2 is 1.67 bits per heavy atom. The van der Waals surface area contributed by atoms with Crippen LogP contribution in [0.15, 0.2) is 23.2 Å². The summed E-state index contributed by atoms with van der Waals surface area (Å²) in [6.45, 7) is 8.85. The predicted octanol–water partition coefficient (Wildman–Crippen LogP) is 2.87. The molecule has 1 fully saturated rings. The largest absolute Gasteiger partial charge is 0.493 e. The molecule has 0 amide bonds. The molecule has 1 aliphatic rings. The van der Waals surface area contributed by atoms with Crippen LogP contribution in [0, 0.1) is 10.8 Å². The molecule has 0 bridgehead atoms. The number of guanidine groups is 1. The van der Waals surface area contributed by atoms with Gasteiger partial charge >= 0.3 is 0 Å². The number of ether oxygens (including phenoxy) is 2. The van der Waals surface area contributed by atoms with E-state index in [1.54, 1.807) is 14.2 Å². The molecule has 0 saturated heterocycles. The zero-order valence-electron chi connectivity index (χ0n) is 13.7. The van der Waals surface area contributed by atoms with Gasteiger partial charge in [-0.05, 0) is 23.0 Å². The van der Waals surface area contributed by atoms with Gasteiger partial charge in [0.15, 0.2) is 17.5 Å². The summed E-state index contributed by atoms with van der Waals surface area (Å²) >= 11 is 0. The predicted molar refractivity (Wildman–Crippen MR) is 86.1 cm³/mol. The van der Waals surface area contributed by atoms with Crippen LogP contribution >= 0.6 is 0 Å². The van der Waals surface area contributed by atoms with Crippen molar-refractivity contribution < 1.29 is 9.47 Å². The third-order valence-electron chi connectivity index (χ3n) is 4.87. The number of nitrogens with zero attached hydrogens (tertiary/aromatic N) is 1. The smallest absolute Gasteiger partial charge is 0.193 e. The number of hydrogen-bond donors (Lipinski definition) is 2. The lowest BCUT2D eigenvalue weighted by molar-refractivity contribution is 0.355. The Bertz CT molecular complexity index is 551. The van der Waals surface area contributed by atoms with E-state index in [1.807, 2.05) is 18.2 Å². The van der Waals surface area contributed by atoms with Gasteiger partial charge in [0.1, 0.15) is 0 Å². The molecule has 0 radical (unpaired) electrons. The summed E-state index contributed by atoms with van der Waals surface area (Å²) < 4.78 is 10.5. The van der Waals surface area contributed by atoms with Crippen LogP contribution in [0.25, 0.3) is 0 Å². The van der Waals surface area contributed by atoms with Crippen molar-refractivity contribution in [2.24, 2.45) is 21.6 Å². The second kappa shape index (κ2) is 5.13. The number of methoxy groups -OCH3 is 2. The topological polar surface area (TPSA) is 68.9 Å². The van der Waals surface area contributed by atoms with Crippen LogP contribution in [0.4, 0.5) is 5.69 Å². The maximum absolute atomic E-state index is 6.02. The third kappa shape index (κ3) is 2.64. The Hall–Kier alpha value is -1.91. The van der Waals surface area contributed by atoms with Crippen LogP contribution in [0.5, 0.6) is 11.5 Å². The number of benzene rings is 1. The summed E-state index contributed by atoms with van der Waals surface area (Å²) in [4.78, 5) is 4.60. The number of nitrogens with one attached hydrogen (secondary N) is 1. The van der Waals surface area contributed by atoms with Crippen molar-refractivity contribution >= 4 is 11.6 Å². The number of nitrogens with two attached hydrogens (primary N) is 1. The van der Waals surface area contributed by atoms with Gasteiger partial charge in [0, 0.05) is 11.8 Å². The summed E-state index contributed by atoms with van der Waals surface area (Å²) in [6.07, 6.45) is 0. The van der Waals surface area contributed by atoms with Crippen LogP contribution in [0.2, 0.25) is 0 Å². The number of hydrogen-bond acceptors (Lipinski definition) is 3. The summed E-state index contributed by atoms with van der Waals surface area (Å²) in [6, 6.07) is 5.79. The number of aliphatic imine (C=N–C) groups is 1. The quantitative estimate of drug-likeness (QED) is 0.661. The Balaban J connectivity index is 2.12. The highest BCUT2D eigenvalue weighted by Crippen LogP contribution is 2.64. The van der Waals surface area contributed by atoms with Gasteiger partial charge in [-0.1, -0.05) is 27.7 Å². The van der Waals surface area contributed by atoms with Crippen molar-refractivity contribution in [1.29, 1.82) is 0 Å². The maximum atomic E-state index is 6.02. The minimum atomic E-state index is 0.177. The van der Waals surface area contributed by atoms with Gasteiger partial charge in [0.25, 0.3) is 0 Å². The molecule has 1 aromatic rings. The molecule has 0 aliphatic heterocycles. The number of rotatable bonds is 4. The molecule has 1 aliphatic carbocycles. The fraction of sp³-hybridized carbons (Fsp3) is 0.562. The first-order chi connectivity index (χ1) is 9.73. The summed E-state index contributed by atoms with van der Waals surface area (Å²) in [7, 11) is 3.21. The third-order valence-corrected chi connectivity index (χ3v) is 4.87. The Morgan fingerprint density at radius 1 is 1.10 bits per heavy atom. The van der Waals surface area contributed by atoms with Crippen molar-refractivity contribution in [3.8, 4) is 11.5 Å². The van der Waals surface area contributed by atoms with Crippen LogP contribution < -0.4 is 20.5 Å². The van der Waals surface area contributed by atoms with E-state index in [0.717, 1.165) is 5.69 Å². The van der Waals surface area contributed by atoms with Crippen molar-refractivity contribution in [2.45, 2.75) is 33.7 Å². The van der Waals surface area contributed by atoms with Crippen LogP contribution in [-0.4, -0.2) is 26.2 Å². The average molecular weight is 291 g/mol. The zero-order chi connectivity index (χ0) is 15.8. The normalized spacial score (nSPS) is 20.0. The average Bonchev–Trinajstić information content (AvgIpc) is 2.81. The molecule has 3 N–H and O–H groups in total. The molecule has 1 saturated carbocycles. The van der Waals surface area contributed by atoms with E-state index in [9.17, 15) is 0 Å². The fourth-order valence-electron chi connectivity index (χ4n) is 2.72. The minimum Gasteiger partial charge on any atom is -0.493 e. The number of anilines is 1. The van der Waals surface area contributed by atoms with E-state index in [4.69, 9.17) is 15.2 Å². The lowest BCUT2D eigenvalue weighted by atomic mass is 10.0. The fourth-order valence-corrected chi connectivity index (χ4v) is 2.72. The van der Waals surface area contributed by atoms with E-state index in [-0.39, 0.29) is 16.9 Å². The van der Waals surface area contributed by atoms with Crippen molar-refractivity contribution in [1.82, 2.24) is 0 Å². The zero-order valence-corrected chi connectivity index (χ0v) is 13.7. The monoisotopic (exact) mass is 291 g/mol. The van der Waals surface area contributed by atoms with Gasteiger partial charge in [-0.3, -0.25) is 0 Å². The first-order valence-electron chi connectivity index (χ1n) is 7.06. The van der Waals surface area contributed by atoms with Crippen LogP contribution in [0.3, 0.4) is 0 Å². The Kier molecular flexibility index (Phi) is 3.78. The molecular weight excluding hydrogens is 266 g/mol. The molecule has 0 spiro atoms. The second-order valence-electron chi connectivity index (χ2n) is 6.56. The molecule has 0 aromatic heterocycles. The van der Waals surface area contributed by atoms with Gasteiger partial charge in [-0.15, -0.1) is 0 Å². The highest BCUT2D eigenvalue weighted by Gasteiger charge is 2.65. The SMILES string of the molecule is COc1ccc(NC(N)=NC2C(C)(C)C2(C)C)cc1OC. The molecule has 1 aromatic carbocycles. The molecule has 21 heavy (non-hydrogen) atoms.